The van der Waals surface area contributed by atoms with E-state index in [1.54, 1.807) is 0 Å². The fourth-order valence-corrected chi connectivity index (χ4v) is 12.9. The van der Waals surface area contributed by atoms with Gasteiger partial charge < -0.3 is 4.90 Å². The number of nitrogens with zero attached hydrogens (tertiary/aromatic N) is 1. The van der Waals surface area contributed by atoms with Crippen LogP contribution < -0.4 is 4.90 Å². The van der Waals surface area contributed by atoms with E-state index in [1.165, 1.54) is 120 Å². The van der Waals surface area contributed by atoms with E-state index in [0.29, 0.717) is 0 Å². The van der Waals surface area contributed by atoms with Crippen LogP contribution in [0, 0.1) is 0 Å². The Bertz CT molecular complexity index is 3200. The molecule has 1 heteroatoms. The zero-order chi connectivity index (χ0) is 45.4. The Morgan fingerprint density at radius 2 is 0.712 bits per heavy atom. The second-order valence-electron chi connectivity index (χ2n) is 22.6. The van der Waals surface area contributed by atoms with Gasteiger partial charge in [0, 0.05) is 16.9 Å². The molecule has 0 N–H and O–H groups in total. The predicted molar refractivity (Wildman–Crippen MR) is 279 cm³/mol. The molecule has 0 amide bonds. The molecule has 0 fully saturated rings. The third-order valence-corrected chi connectivity index (χ3v) is 16.8. The van der Waals surface area contributed by atoms with Crippen molar-refractivity contribution in [3.63, 3.8) is 0 Å². The molecule has 0 aromatic heterocycles. The predicted octanol–water partition coefficient (Wildman–Crippen LogP) is 17.5. The highest BCUT2D eigenvalue weighted by molar-refractivity contribution is 6.00. The van der Waals surface area contributed by atoms with Crippen LogP contribution >= 0.6 is 0 Å². The first kappa shape index (κ1) is 41.0. The van der Waals surface area contributed by atoms with Gasteiger partial charge >= 0.3 is 0 Å². The summed E-state index contributed by atoms with van der Waals surface area (Å²) in [5, 5.41) is 0. The van der Waals surface area contributed by atoms with Crippen molar-refractivity contribution in [2.45, 2.75) is 108 Å². The van der Waals surface area contributed by atoms with E-state index in [4.69, 9.17) is 0 Å². The van der Waals surface area contributed by atoms with Gasteiger partial charge in [-0.25, -0.2) is 0 Å². The maximum atomic E-state index is 2.62. The van der Waals surface area contributed by atoms with Gasteiger partial charge in [0.1, 0.15) is 0 Å². The molecule has 0 unspecified atom stereocenters. The van der Waals surface area contributed by atoms with Crippen LogP contribution in [0.4, 0.5) is 17.1 Å². The first-order valence-corrected chi connectivity index (χ1v) is 24.4. The van der Waals surface area contributed by atoms with Crippen molar-refractivity contribution in [3.8, 4) is 44.5 Å². The molecule has 0 saturated heterocycles. The Labute approximate surface area is 393 Å². The summed E-state index contributed by atoms with van der Waals surface area (Å²) in [4.78, 5) is 2.61. The molecule has 1 spiro atoms. The molecule has 326 valence electrons. The van der Waals surface area contributed by atoms with Crippen LogP contribution in [0.15, 0.2) is 176 Å². The van der Waals surface area contributed by atoms with Gasteiger partial charge in [0.15, 0.2) is 0 Å². The molecule has 4 aliphatic rings. The van der Waals surface area contributed by atoms with Crippen molar-refractivity contribution in [2.24, 2.45) is 0 Å². The number of hydrogen-bond acceptors (Lipinski definition) is 1. The largest absolute Gasteiger partial charge is 0.310 e. The van der Waals surface area contributed by atoms with Crippen molar-refractivity contribution in [3.05, 3.63) is 220 Å². The van der Waals surface area contributed by atoms with E-state index in [-0.39, 0.29) is 21.7 Å². The monoisotopic (exact) mass is 855 g/mol. The van der Waals surface area contributed by atoms with E-state index >= 15 is 0 Å². The van der Waals surface area contributed by atoms with Crippen LogP contribution in [0.25, 0.3) is 44.5 Å². The van der Waals surface area contributed by atoms with Gasteiger partial charge in [-0.1, -0.05) is 195 Å². The Balaban J connectivity index is 1.20. The van der Waals surface area contributed by atoms with E-state index in [2.05, 4.69) is 236 Å². The second-order valence-corrected chi connectivity index (χ2v) is 22.6. The van der Waals surface area contributed by atoms with Gasteiger partial charge in [-0.15, -0.1) is 0 Å². The van der Waals surface area contributed by atoms with E-state index in [9.17, 15) is 0 Å². The molecule has 8 aromatic carbocycles. The van der Waals surface area contributed by atoms with E-state index in [1.807, 2.05) is 0 Å². The van der Waals surface area contributed by atoms with Gasteiger partial charge in [-0.05, 0) is 167 Å². The second kappa shape index (κ2) is 14.3. The molecule has 0 heterocycles. The summed E-state index contributed by atoms with van der Waals surface area (Å²) in [6, 6.07) is 68.0. The van der Waals surface area contributed by atoms with Crippen molar-refractivity contribution >= 4 is 17.1 Å². The molecule has 0 aliphatic heterocycles. The minimum atomic E-state index is -0.473. The van der Waals surface area contributed by atoms with E-state index in [0.717, 1.165) is 12.1 Å². The zero-order valence-electron chi connectivity index (χ0n) is 40.0. The standard InChI is InChI=1S/C65H61N/c1-61(2)34-36-63(5,6)58-38-44(28-32-55(58)61)50-40-51-49-22-14-17-25-54(49)65(52-23-15-12-20-47(52)48-21-13-16-24-53(48)65)57(51)41-60(50)66(45-29-26-43(27-30-45)42-18-10-9-11-19-42)46-31-33-56-59(39-46)64(7,8)37-35-62(56,3)4/h9-33,38-41H,34-37H2,1-8H3. The average Bonchev–Trinajstić information content (AvgIpc) is 3.79. The van der Waals surface area contributed by atoms with Crippen LogP contribution in [0.5, 0.6) is 0 Å². The Morgan fingerprint density at radius 3 is 1.27 bits per heavy atom. The van der Waals surface area contributed by atoms with Gasteiger partial charge in [0.25, 0.3) is 0 Å². The van der Waals surface area contributed by atoms with Crippen molar-refractivity contribution < 1.29 is 0 Å². The fraction of sp³-hybridized carbons (Fsp3) is 0.262. The summed E-state index contributed by atoms with van der Waals surface area (Å²) in [7, 11) is 0. The molecule has 0 radical (unpaired) electrons. The smallest absolute Gasteiger partial charge is 0.0726 e. The van der Waals surface area contributed by atoms with Crippen LogP contribution in [0.3, 0.4) is 0 Å². The third kappa shape index (κ3) is 5.91. The summed E-state index contributed by atoms with van der Waals surface area (Å²) < 4.78 is 0. The molecular formula is C65H61N. The quantitative estimate of drug-likeness (QED) is 0.167. The van der Waals surface area contributed by atoms with Crippen LogP contribution in [0.1, 0.15) is 126 Å². The van der Waals surface area contributed by atoms with Crippen molar-refractivity contribution in [1.29, 1.82) is 0 Å². The number of benzene rings is 8. The first-order chi connectivity index (χ1) is 31.7. The topological polar surface area (TPSA) is 3.24 Å². The van der Waals surface area contributed by atoms with Gasteiger partial charge in [0.05, 0.1) is 11.1 Å². The Kier molecular flexibility index (Phi) is 8.88. The highest BCUT2D eigenvalue weighted by atomic mass is 15.1. The van der Waals surface area contributed by atoms with E-state index < -0.39 is 5.41 Å². The van der Waals surface area contributed by atoms with Crippen LogP contribution in [0.2, 0.25) is 0 Å². The molecule has 12 rings (SSSR count). The lowest BCUT2D eigenvalue weighted by molar-refractivity contribution is 0.332. The highest BCUT2D eigenvalue weighted by Gasteiger charge is 2.52. The number of hydrogen-bond donors (Lipinski definition) is 0. The number of anilines is 3. The summed E-state index contributed by atoms with van der Waals surface area (Å²) in [5.74, 6) is 0. The third-order valence-electron chi connectivity index (χ3n) is 16.8. The number of rotatable bonds is 5. The minimum absolute atomic E-state index is 0.0459. The van der Waals surface area contributed by atoms with Crippen molar-refractivity contribution in [1.82, 2.24) is 0 Å². The maximum Gasteiger partial charge on any atom is 0.0726 e. The summed E-state index contributed by atoms with van der Waals surface area (Å²) >= 11 is 0. The van der Waals surface area contributed by atoms with Crippen LogP contribution in [-0.2, 0) is 27.1 Å². The SMILES string of the molecule is CC1(C)CCC(C)(C)c2cc(-c3cc4c(cc3N(c3ccc(-c5ccccc5)cc3)c3ccc5c(c3)C(C)(C)CCC5(C)C)C3(c5ccccc5-c5ccccc53)c3ccccc3-4)ccc21. The van der Waals surface area contributed by atoms with Gasteiger partial charge in [-0.2, -0.15) is 0 Å². The lowest BCUT2D eigenvalue weighted by atomic mass is 9.63. The highest BCUT2D eigenvalue weighted by Crippen LogP contribution is 2.64. The molecule has 8 aromatic rings. The molecule has 4 aliphatic carbocycles. The molecule has 0 bridgehead atoms. The Hall–Kier alpha value is -6.44. The van der Waals surface area contributed by atoms with Crippen LogP contribution in [-0.4, -0.2) is 0 Å². The lowest BCUT2D eigenvalue weighted by Gasteiger charge is -2.43. The van der Waals surface area contributed by atoms with Gasteiger partial charge in [0.2, 0.25) is 0 Å². The molecule has 0 saturated carbocycles. The lowest BCUT2D eigenvalue weighted by Crippen LogP contribution is -2.34. The zero-order valence-corrected chi connectivity index (χ0v) is 40.0. The molecule has 0 atom stereocenters. The summed E-state index contributed by atoms with van der Waals surface area (Å²) in [6.07, 6.45) is 4.70. The molecule has 1 nitrogen and oxygen atoms in total. The Morgan fingerprint density at radius 1 is 0.288 bits per heavy atom. The van der Waals surface area contributed by atoms with Crippen molar-refractivity contribution in [2.75, 3.05) is 4.90 Å². The normalized spacial score (nSPS) is 18.1. The summed E-state index contributed by atoms with van der Waals surface area (Å²) in [5.41, 5.74) is 25.0. The summed E-state index contributed by atoms with van der Waals surface area (Å²) in [6.45, 7) is 19.6. The first-order valence-electron chi connectivity index (χ1n) is 24.4. The molecule has 66 heavy (non-hydrogen) atoms. The maximum absolute atomic E-state index is 2.62. The molecular weight excluding hydrogens is 795 g/mol. The number of fused-ring (bicyclic) bond motifs is 12. The fourth-order valence-electron chi connectivity index (χ4n) is 12.9. The minimum Gasteiger partial charge on any atom is -0.310 e. The van der Waals surface area contributed by atoms with Gasteiger partial charge in [-0.3, -0.25) is 0 Å². The average molecular weight is 856 g/mol.